The van der Waals surface area contributed by atoms with E-state index >= 15 is 0 Å². The smallest absolute Gasteiger partial charge is 0.186 e. The van der Waals surface area contributed by atoms with E-state index in [2.05, 4.69) is 0 Å². The van der Waals surface area contributed by atoms with E-state index in [-0.39, 0.29) is 11.5 Å². The second-order valence-electron chi connectivity index (χ2n) is 3.16. The van der Waals surface area contributed by atoms with Crippen molar-refractivity contribution in [2.75, 3.05) is 0 Å². The van der Waals surface area contributed by atoms with Gasteiger partial charge in [0.2, 0.25) is 0 Å². The molecule has 2 atom stereocenters. The Morgan fingerprint density at radius 2 is 1.92 bits per heavy atom. The summed E-state index contributed by atoms with van der Waals surface area (Å²) in [4.78, 5) is 0. The molecular formula is C9H11F3. The monoisotopic (exact) mass is 176 g/mol. The highest BCUT2D eigenvalue weighted by Crippen LogP contribution is 2.29. The van der Waals surface area contributed by atoms with Crippen molar-refractivity contribution in [1.82, 2.24) is 0 Å². The lowest BCUT2D eigenvalue weighted by atomic mass is 9.94. The lowest BCUT2D eigenvalue weighted by molar-refractivity contribution is 0.203. The lowest BCUT2D eigenvalue weighted by Gasteiger charge is -2.18. The van der Waals surface area contributed by atoms with Crippen LogP contribution in [0.5, 0.6) is 0 Å². The standard InChI is InChI=1S/C9H11F3/c1-5(2)6-3-4-7(10)9(12)8(6)11/h3-5,7,9H,1-2H3. The van der Waals surface area contributed by atoms with Crippen LogP contribution in [0.1, 0.15) is 13.8 Å². The molecule has 0 bridgehead atoms. The third-order valence-electron chi connectivity index (χ3n) is 1.88. The number of halogens is 3. The van der Waals surface area contributed by atoms with E-state index in [4.69, 9.17) is 0 Å². The van der Waals surface area contributed by atoms with Gasteiger partial charge in [0.1, 0.15) is 5.83 Å². The fraction of sp³-hybridized carbons (Fsp3) is 0.556. The summed E-state index contributed by atoms with van der Waals surface area (Å²) >= 11 is 0. The molecule has 0 spiro atoms. The maximum Gasteiger partial charge on any atom is 0.186 e. The van der Waals surface area contributed by atoms with Gasteiger partial charge in [0.25, 0.3) is 0 Å². The Morgan fingerprint density at radius 3 is 2.42 bits per heavy atom. The zero-order valence-corrected chi connectivity index (χ0v) is 7.02. The molecule has 0 saturated heterocycles. The second kappa shape index (κ2) is 3.33. The number of hydrogen-bond donors (Lipinski definition) is 0. The quantitative estimate of drug-likeness (QED) is 0.575. The Kier molecular flexibility index (Phi) is 2.60. The summed E-state index contributed by atoms with van der Waals surface area (Å²) in [5.74, 6) is -1.06. The van der Waals surface area contributed by atoms with Crippen molar-refractivity contribution in [2.24, 2.45) is 5.92 Å². The largest absolute Gasteiger partial charge is 0.239 e. The van der Waals surface area contributed by atoms with Crippen LogP contribution in [0, 0.1) is 5.92 Å². The third kappa shape index (κ3) is 1.54. The third-order valence-corrected chi connectivity index (χ3v) is 1.88. The molecule has 0 saturated carbocycles. The molecule has 1 aliphatic carbocycles. The van der Waals surface area contributed by atoms with Gasteiger partial charge in [-0.2, -0.15) is 0 Å². The van der Waals surface area contributed by atoms with Gasteiger partial charge in [-0.15, -0.1) is 0 Å². The summed E-state index contributed by atoms with van der Waals surface area (Å²) in [6, 6.07) is 0. The molecule has 0 nitrogen and oxygen atoms in total. The van der Waals surface area contributed by atoms with Crippen LogP contribution in [0.15, 0.2) is 23.6 Å². The SMILES string of the molecule is CC(C)C1=C(F)C(F)C(F)C=C1. The summed E-state index contributed by atoms with van der Waals surface area (Å²) < 4.78 is 38.2. The van der Waals surface area contributed by atoms with Gasteiger partial charge in [0, 0.05) is 0 Å². The molecule has 0 aromatic carbocycles. The van der Waals surface area contributed by atoms with Crippen molar-refractivity contribution in [1.29, 1.82) is 0 Å². The number of alkyl halides is 2. The van der Waals surface area contributed by atoms with Crippen molar-refractivity contribution < 1.29 is 13.2 Å². The van der Waals surface area contributed by atoms with E-state index in [1.807, 2.05) is 0 Å². The Labute approximate surface area is 69.8 Å². The predicted molar refractivity (Wildman–Crippen MR) is 41.9 cm³/mol. The van der Waals surface area contributed by atoms with Gasteiger partial charge in [-0.05, 0) is 17.6 Å². The molecule has 0 radical (unpaired) electrons. The van der Waals surface area contributed by atoms with Crippen LogP contribution in [0.4, 0.5) is 13.2 Å². The Balaban J connectivity index is 2.94. The van der Waals surface area contributed by atoms with Crippen molar-refractivity contribution >= 4 is 0 Å². The van der Waals surface area contributed by atoms with Gasteiger partial charge < -0.3 is 0 Å². The molecule has 0 fully saturated rings. The first-order chi connectivity index (χ1) is 5.54. The highest BCUT2D eigenvalue weighted by atomic mass is 19.2. The van der Waals surface area contributed by atoms with E-state index < -0.39 is 18.2 Å². The molecule has 12 heavy (non-hydrogen) atoms. The Hall–Kier alpha value is -0.730. The van der Waals surface area contributed by atoms with Gasteiger partial charge in [0.15, 0.2) is 12.3 Å². The van der Waals surface area contributed by atoms with Crippen molar-refractivity contribution in [3.05, 3.63) is 23.6 Å². The van der Waals surface area contributed by atoms with Crippen molar-refractivity contribution in [2.45, 2.75) is 26.2 Å². The van der Waals surface area contributed by atoms with E-state index in [0.717, 1.165) is 6.08 Å². The summed E-state index contributed by atoms with van der Waals surface area (Å²) in [5, 5.41) is 0. The summed E-state index contributed by atoms with van der Waals surface area (Å²) in [6.07, 6.45) is -1.55. The van der Waals surface area contributed by atoms with E-state index in [0.29, 0.717) is 0 Å². The molecule has 68 valence electrons. The van der Waals surface area contributed by atoms with Crippen molar-refractivity contribution in [3.63, 3.8) is 0 Å². The molecule has 3 heteroatoms. The van der Waals surface area contributed by atoms with Gasteiger partial charge in [-0.1, -0.05) is 19.9 Å². The molecule has 1 aliphatic rings. The van der Waals surface area contributed by atoms with Crippen molar-refractivity contribution in [3.8, 4) is 0 Å². The fourth-order valence-electron chi connectivity index (χ4n) is 1.14. The molecule has 0 aliphatic heterocycles. The van der Waals surface area contributed by atoms with Crippen LogP contribution in [0.2, 0.25) is 0 Å². The van der Waals surface area contributed by atoms with Crippen LogP contribution in [0.25, 0.3) is 0 Å². The minimum atomic E-state index is -2.10. The van der Waals surface area contributed by atoms with E-state index in [9.17, 15) is 13.2 Å². The topological polar surface area (TPSA) is 0 Å². The maximum atomic E-state index is 13.0. The number of hydrogen-bond acceptors (Lipinski definition) is 0. The van der Waals surface area contributed by atoms with Gasteiger partial charge in [-0.3, -0.25) is 0 Å². The molecule has 0 aromatic heterocycles. The average Bonchev–Trinajstić information content (AvgIpc) is 2.00. The Morgan fingerprint density at radius 1 is 1.33 bits per heavy atom. The van der Waals surface area contributed by atoms with E-state index in [1.165, 1.54) is 6.08 Å². The molecular weight excluding hydrogens is 165 g/mol. The van der Waals surface area contributed by atoms with Crippen LogP contribution >= 0.6 is 0 Å². The molecule has 0 aromatic rings. The first-order valence-electron chi connectivity index (χ1n) is 3.90. The summed E-state index contributed by atoms with van der Waals surface area (Å²) in [5.41, 5.74) is 0.261. The minimum absolute atomic E-state index is 0.105. The molecule has 2 unspecified atom stereocenters. The highest BCUT2D eigenvalue weighted by molar-refractivity contribution is 5.32. The molecule has 0 amide bonds. The van der Waals surface area contributed by atoms with Gasteiger partial charge in [0.05, 0.1) is 0 Å². The summed E-state index contributed by atoms with van der Waals surface area (Å²) in [7, 11) is 0. The minimum Gasteiger partial charge on any atom is -0.239 e. The summed E-state index contributed by atoms with van der Waals surface area (Å²) in [6.45, 7) is 3.48. The Bertz CT molecular complexity index is 228. The predicted octanol–water partition coefficient (Wildman–Crippen LogP) is 3.11. The number of rotatable bonds is 1. The second-order valence-corrected chi connectivity index (χ2v) is 3.16. The number of allylic oxidation sites excluding steroid dienone is 4. The van der Waals surface area contributed by atoms with Gasteiger partial charge >= 0.3 is 0 Å². The maximum absolute atomic E-state index is 13.0. The van der Waals surface area contributed by atoms with Crippen LogP contribution in [-0.4, -0.2) is 12.3 Å². The molecule has 0 N–H and O–H groups in total. The first kappa shape index (κ1) is 9.36. The highest BCUT2D eigenvalue weighted by Gasteiger charge is 2.29. The zero-order valence-electron chi connectivity index (χ0n) is 7.02. The van der Waals surface area contributed by atoms with Crippen LogP contribution in [-0.2, 0) is 0 Å². The average molecular weight is 176 g/mol. The first-order valence-corrected chi connectivity index (χ1v) is 3.90. The molecule has 1 rings (SSSR count). The zero-order chi connectivity index (χ0) is 9.30. The van der Waals surface area contributed by atoms with Crippen LogP contribution < -0.4 is 0 Å². The van der Waals surface area contributed by atoms with E-state index in [1.54, 1.807) is 13.8 Å². The fourth-order valence-corrected chi connectivity index (χ4v) is 1.14. The van der Waals surface area contributed by atoms with Crippen LogP contribution in [0.3, 0.4) is 0 Å². The normalized spacial score (nSPS) is 30.2. The molecule has 0 heterocycles. The van der Waals surface area contributed by atoms with Gasteiger partial charge in [-0.25, -0.2) is 13.2 Å². The lowest BCUT2D eigenvalue weighted by Crippen LogP contribution is -2.21.